The van der Waals surface area contributed by atoms with E-state index in [1.165, 1.54) is 11.1 Å². The lowest BCUT2D eigenvalue weighted by Gasteiger charge is -2.24. The molecule has 0 spiro atoms. The van der Waals surface area contributed by atoms with Gasteiger partial charge in [-0.3, -0.25) is 9.69 Å². The third kappa shape index (κ3) is 3.45. The maximum absolute atomic E-state index is 12.4. The molecule has 0 radical (unpaired) electrons. The molecular weight excluding hydrogens is 284 g/mol. The average molecular weight is 308 g/mol. The highest BCUT2D eigenvalue weighted by Gasteiger charge is 2.26. The molecule has 1 unspecified atom stereocenters. The lowest BCUT2D eigenvalue weighted by atomic mass is 10.1. The van der Waals surface area contributed by atoms with Crippen LogP contribution in [-0.4, -0.2) is 24.4 Å². The zero-order chi connectivity index (χ0) is 16.4. The van der Waals surface area contributed by atoms with Gasteiger partial charge in [-0.05, 0) is 62.1 Å². The second kappa shape index (κ2) is 6.55. The fraction of sp³-hybridized carbons (Fsp3) is 0.350. The van der Waals surface area contributed by atoms with Crippen molar-refractivity contribution in [3.63, 3.8) is 0 Å². The Bertz CT molecular complexity index is 723. The van der Waals surface area contributed by atoms with Crippen molar-refractivity contribution in [2.24, 2.45) is 0 Å². The molecule has 3 nitrogen and oxygen atoms in total. The number of hydrogen-bond acceptors (Lipinski definition) is 2. The first kappa shape index (κ1) is 15.8. The topological polar surface area (TPSA) is 32.3 Å². The Morgan fingerprint density at radius 2 is 2.00 bits per heavy atom. The standard InChI is InChI=1S/C20H24N2O/c1-14-8-9-15(2)18(12-14)21-20(23)13-22(3)19-11-10-16-6-4-5-7-17(16)19/h4-9,12,19H,10-11,13H2,1-3H3,(H,21,23). The van der Waals surface area contributed by atoms with E-state index in [-0.39, 0.29) is 5.91 Å². The van der Waals surface area contributed by atoms with Gasteiger partial charge in [0, 0.05) is 11.7 Å². The molecular formula is C20H24N2O. The predicted molar refractivity (Wildman–Crippen MR) is 94.7 cm³/mol. The predicted octanol–water partition coefficient (Wildman–Crippen LogP) is 3.86. The monoisotopic (exact) mass is 308 g/mol. The Labute approximate surface area is 138 Å². The molecule has 2 aromatic rings. The van der Waals surface area contributed by atoms with Crippen LogP contribution in [0.5, 0.6) is 0 Å². The molecule has 3 rings (SSSR count). The van der Waals surface area contributed by atoms with Gasteiger partial charge in [-0.25, -0.2) is 0 Å². The van der Waals surface area contributed by atoms with Crippen molar-refractivity contribution in [2.75, 3.05) is 18.9 Å². The van der Waals surface area contributed by atoms with Gasteiger partial charge in [0.1, 0.15) is 0 Å². The summed E-state index contributed by atoms with van der Waals surface area (Å²) < 4.78 is 0. The van der Waals surface area contributed by atoms with Gasteiger partial charge < -0.3 is 5.32 Å². The smallest absolute Gasteiger partial charge is 0.238 e. The van der Waals surface area contributed by atoms with Crippen LogP contribution in [0.2, 0.25) is 0 Å². The first-order chi connectivity index (χ1) is 11.0. The van der Waals surface area contributed by atoms with Crippen LogP contribution in [0.25, 0.3) is 0 Å². The van der Waals surface area contributed by atoms with Crippen LogP contribution in [0.15, 0.2) is 42.5 Å². The van der Waals surface area contributed by atoms with Gasteiger partial charge >= 0.3 is 0 Å². The fourth-order valence-corrected chi connectivity index (χ4v) is 3.39. The van der Waals surface area contributed by atoms with Crippen LogP contribution in [-0.2, 0) is 11.2 Å². The number of aryl methyl sites for hydroxylation is 3. The number of likely N-dealkylation sites (N-methyl/N-ethyl adjacent to an activating group) is 1. The number of hydrogen-bond donors (Lipinski definition) is 1. The summed E-state index contributed by atoms with van der Waals surface area (Å²) in [4.78, 5) is 14.6. The summed E-state index contributed by atoms with van der Waals surface area (Å²) >= 11 is 0. The largest absolute Gasteiger partial charge is 0.325 e. The van der Waals surface area contributed by atoms with Gasteiger partial charge in [-0.15, -0.1) is 0 Å². The second-order valence-corrected chi connectivity index (χ2v) is 6.53. The highest BCUT2D eigenvalue weighted by Crippen LogP contribution is 2.34. The summed E-state index contributed by atoms with van der Waals surface area (Å²) in [5, 5.41) is 3.05. The van der Waals surface area contributed by atoms with Crippen molar-refractivity contribution in [1.82, 2.24) is 4.90 Å². The van der Waals surface area contributed by atoms with Gasteiger partial charge in [-0.2, -0.15) is 0 Å². The number of anilines is 1. The summed E-state index contributed by atoms with van der Waals surface area (Å²) in [6.45, 7) is 4.47. The number of carbonyl (C=O) groups is 1. The van der Waals surface area contributed by atoms with Crippen LogP contribution < -0.4 is 5.32 Å². The average Bonchev–Trinajstić information content (AvgIpc) is 2.95. The van der Waals surface area contributed by atoms with E-state index in [1.54, 1.807) is 0 Å². The van der Waals surface area contributed by atoms with Crippen molar-refractivity contribution in [3.8, 4) is 0 Å². The Hall–Kier alpha value is -2.13. The molecule has 0 aromatic heterocycles. The van der Waals surface area contributed by atoms with Crippen molar-refractivity contribution in [2.45, 2.75) is 32.7 Å². The molecule has 0 saturated carbocycles. The van der Waals surface area contributed by atoms with Crippen LogP contribution in [0.3, 0.4) is 0 Å². The molecule has 120 valence electrons. The maximum atomic E-state index is 12.4. The molecule has 2 aromatic carbocycles. The third-order valence-corrected chi connectivity index (χ3v) is 4.69. The molecule has 0 aliphatic heterocycles. The molecule has 1 amide bonds. The molecule has 0 saturated heterocycles. The van der Waals surface area contributed by atoms with Crippen molar-refractivity contribution in [1.29, 1.82) is 0 Å². The normalized spacial score (nSPS) is 16.4. The first-order valence-corrected chi connectivity index (χ1v) is 8.20. The molecule has 0 fully saturated rings. The number of nitrogens with zero attached hydrogens (tertiary/aromatic N) is 1. The van der Waals surface area contributed by atoms with Crippen molar-refractivity contribution < 1.29 is 4.79 Å². The number of carbonyl (C=O) groups excluding carboxylic acids is 1. The highest BCUT2D eigenvalue weighted by atomic mass is 16.2. The highest BCUT2D eigenvalue weighted by molar-refractivity contribution is 5.93. The van der Waals surface area contributed by atoms with E-state index >= 15 is 0 Å². The molecule has 0 bridgehead atoms. The van der Waals surface area contributed by atoms with Crippen LogP contribution >= 0.6 is 0 Å². The van der Waals surface area contributed by atoms with E-state index < -0.39 is 0 Å². The number of amides is 1. The van der Waals surface area contributed by atoms with E-state index in [1.807, 2.05) is 33.0 Å². The van der Waals surface area contributed by atoms with Gasteiger partial charge in [0.2, 0.25) is 5.91 Å². The minimum Gasteiger partial charge on any atom is -0.325 e. The molecule has 23 heavy (non-hydrogen) atoms. The number of benzene rings is 2. The molecule has 1 aliphatic carbocycles. The Kier molecular flexibility index (Phi) is 4.49. The van der Waals surface area contributed by atoms with E-state index in [2.05, 4.69) is 40.5 Å². The molecule has 1 N–H and O–H groups in total. The minimum absolute atomic E-state index is 0.0468. The zero-order valence-electron chi connectivity index (χ0n) is 14.1. The number of fused-ring (bicyclic) bond motifs is 1. The number of nitrogens with one attached hydrogen (secondary N) is 1. The molecule has 1 atom stereocenters. The zero-order valence-corrected chi connectivity index (χ0v) is 14.1. The van der Waals surface area contributed by atoms with Crippen molar-refractivity contribution in [3.05, 3.63) is 64.7 Å². The van der Waals surface area contributed by atoms with E-state index in [9.17, 15) is 4.79 Å². The van der Waals surface area contributed by atoms with E-state index in [0.717, 1.165) is 29.7 Å². The first-order valence-electron chi connectivity index (χ1n) is 8.20. The number of rotatable bonds is 4. The third-order valence-electron chi connectivity index (χ3n) is 4.69. The summed E-state index contributed by atoms with van der Waals surface area (Å²) in [7, 11) is 2.04. The second-order valence-electron chi connectivity index (χ2n) is 6.53. The van der Waals surface area contributed by atoms with Crippen molar-refractivity contribution >= 4 is 11.6 Å². The van der Waals surface area contributed by atoms with Crippen LogP contribution in [0, 0.1) is 13.8 Å². The van der Waals surface area contributed by atoms with E-state index in [4.69, 9.17) is 0 Å². The Balaban J connectivity index is 1.65. The minimum atomic E-state index is 0.0468. The van der Waals surface area contributed by atoms with Gasteiger partial charge in [0.05, 0.1) is 6.54 Å². The molecule has 1 aliphatic rings. The lowest BCUT2D eigenvalue weighted by Crippen LogP contribution is -2.32. The van der Waals surface area contributed by atoms with Crippen LogP contribution in [0.4, 0.5) is 5.69 Å². The quantitative estimate of drug-likeness (QED) is 0.930. The van der Waals surface area contributed by atoms with Gasteiger partial charge in [0.25, 0.3) is 0 Å². The van der Waals surface area contributed by atoms with Gasteiger partial charge in [0.15, 0.2) is 0 Å². The van der Waals surface area contributed by atoms with Crippen LogP contribution in [0.1, 0.15) is 34.7 Å². The maximum Gasteiger partial charge on any atom is 0.238 e. The Morgan fingerprint density at radius 1 is 1.22 bits per heavy atom. The summed E-state index contributed by atoms with van der Waals surface area (Å²) in [5.74, 6) is 0.0468. The summed E-state index contributed by atoms with van der Waals surface area (Å²) in [5.41, 5.74) is 5.95. The fourth-order valence-electron chi connectivity index (χ4n) is 3.39. The summed E-state index contributed by atoms with van der Waals surface area (Å²) in [6.07, 6.45) is 2.19. The lowest BCUT2D eigenvalue weighted by molar-refractivity contribution is -0.117. The molecule has 3 heteroatoms. The molecule has 0 heterocycles. The summed E-state index contributed by atoms with van der Waals surface area (Å²) in [6, 6.07) is 15.0. The van der Waals surface area contributed by atoms with E-state index in [0.29, 0.717) is 12.6 Å². The SMILES string of the molecule is Cc1ccc(C)c(NC(=O)CN(C)C2CCc3ccccc32)c1. The van der Waals surface area contributed by atoms with Gasteiger partial charge in [-0.1, -0.05) is 36.4 Å². The Morgan fingerprint density at radius 3 is 2.83 bits per heavy atom.